The van der Waals surface area contributed by atoms with Crippen LogP contribution in [0.3, 0.4) is 0 Å². The summed E-state index contributed by atoms with van der Waals surface area (Å²) in [6.45, 7) is 17.1. The molecule has 0 amide bonds. The lowest BCUT2D eigenvalue weighted by molar-refractivity contribution is -0.167. The van der Waals surface area contributed by atoms with Crippen molar-refractivity contribution in [2.75, 3.05) is 5.75 Å². The van der Waals surface area contributed by atoms with Crippen molar-refractivity contribution in [1.29, 1.82) is 0 Å². The molecule has 4 unspecified atom stereocenters. The number of hydrogen-bond acceptors (Lipinski definition) is 4. The fourth-order valence-corrected chi connectivity index (χ4v) is 5.09. The number of carbonyl (C=O) groups excluding carboxylic acids is 1. The van der Waals surface area contributed by atoms with Crippen molar-refractivity contribution in [2.24, 2.45) is 16.7 Å². The van der Waals surface area contributed by atoms with Gasteiger partial charge in [0, 0.05) is 16.3 Å². The van der Waals surface area contributed by atoms with Crippen molar-refractivity contribution in [1.82, 2.24) is 0 Å². The third kappa shape index (κ3) is 3.68. The van der Waals surface area contributed by atoms with E-state index in [2.05, 4.69) is 48.5 Å². The van der Waals surface area contributed by atoms with Crippen molar-refractivity contribution in [2.45, 2.75) is 71.3 Å². The molecule has 0 N–H and O–H groups in total. The highest BCUT2D eigenvalue weighted by molar-refractivity contribution is 8.07. The summed E-state index contributed by atoms with van der Waals surface area (Å²) in [6.07, 6.45) is 0. The summed E-state index contributed by atoms with van der Waals surface area (Å²) in [7, 11) is 0. The van der Waals surface area contributed by atoms with Gasteiger partial charge in [0.05, 0.1) is 5.41 Å². The molecule has 2 nitrogen and oxygen atoms in total. The molecule has 1 heterocycles. The lowest BCUT2D eigenvalue weighted by Gasteiger charge is -2.44. The number of hydrogen-bond donors (Lipinski definition) is 0. The van der Waals surface area contributed by atoms with Crippen LogP contribution in [0.1, 0.15) is 55.4 Å². The zero-order chi connectivity index (χ0) is 15.7. The normalized spacial score (nSPS) is 30.9. The molecule has 0 radical (unpaired) electrons. The summed E-state index contributed by atoms with van der Waals surface area (Å²) in [6, 6.07) is 0. The van der Waals surface area contributed by atoms with Crippen molar-refractivity contribution in [3.63, 3.8) is 0 Å². The van der Waals surface area contributed by atoms with Gasteiger partial charge in [-0.25, -0.2) is 0 Å². The molecule has 1 rings (SSSR count). The zero-order valence-corrected chi connectivity index (χ0v) is 15.8. The molecule has 0 saturated carbocycles. The van der Waals surface area contributed by atoms with E-state index in [0.29, 0.717) is 10.5 Å². The van der Waals surface area contributed by atoms with E-state index >= 15 is 0 Å². The van der Waals surface area contributed by atoms with Gasteiger partial charge in [0.15, 0.2) is 5.44 Å². The molecule has 0 spiro atoms. The number of thioether (sulfide) groups is 2. The van der Waals surface area contributed by atoms with Gasteiger partial charge in [-0.15, -0.1) is 11.8 Å². The molecule has 4 atom stereocenters. The van der Waals surface area contributed by atoms with E-state index in [1.165, 1.54) is 0 Å². The topological polar surface area (TPSA) is 26.3 Å². The van der Waals surface area contributed by atoms with Crippen LogP contribution in [0.2, 0.25) is 0 Å². The van der Waals surface area contributed by atoms with Crippen LogP contribution in [0.15, 0.2) is 0 Å². The van der Waals surface area contributed by atoms with Crippen LogP contribution in [-0.2, 0) is 9.53 Å². The Kier molecular flexibility index (Phi) is 5.93. The quantitative estimate of drug-likeness (QED) is 0.697. The highest BCUT2D eigenvalue weighted by Crippen LogP contribution is 2.46. The molecule has 1 saturated heterocycles. The van der Waals surface area contributed by atoms with Gasteiger partial charge < -0.3 is 4.74 Å². The first-order valence-electron chi connectivity index (χ1n) is 7.48. The Morgan fingerprint density at radius 2 is 1.70 bits per heavy atom. The number of esters is 1. The first kappa shape index (κ1) is 18.2. The Morgan fingerprint density at radius 1 is 1.15 bits per heavy atom. The highest BCUT2D eigenvalue weighted by atomic mass is 32.2. The number of ether oxygens (including phenoxy) is 1. The van der Waals surface area contributed by atoms with Gasteiger partial charge in [-0.2, -0.15) is 11.8 Å². The first-order valence-corrected chi connectivity index (χ1v) is 9.47. The third-order valence-corrected chi connectivity index (χ3v) is 8.11. The molecule has 0 aromatic carbocycles. The second kappa shape index (κ2) is 6.51. The molecule has 0 aromatic rings. The van der Waals surface area contributed by atoms with Crippen LogP contribution in [-0.4, -0.2) is 27.7 Å². The van der Waals surface area contributed by atoms with Crippen molar-refractivity contribution >= 4 is 29.5 Å². The Labute approximate surface area is 133 Å². The Hall–Kier alpha value is 0.170. The largest absolute Gasteiger partial charge is 0.450 e. The monoisotopic (exact) mass is 318 g/mol. The summed E-state index contributed by atoms with van der Waals surface area (Å²) in [5.74, 6) is 1.12. The maximum atomic E-state index is 12.8. The van der Waals surface area contributed by atoms with Crippen molar-refractivity contribution < 1.29 is 9.53 Å². The summed E-state index contributed by atoms with van der Waals surface area (Å²) < 4.78 is 5.87. The molecule has 1 fully saturated rings. The number of carbonyl (C=O) groups is 1. The van der Waals surface area contributed by atoms with Gasteiger partial charge >= 0.3 is 5.97 Å². The lowest BCUT2D eigenvalue weighted by atomic mass is 9.62. The van der Waals surface area contributed by atoms with Gasteiger partial charge in [-0.05, 0) is 18.3 Å². The van der Waals surface area contributed by atoms with Gasteiger partial charge in [0.1, 0.15) is 0 Å². The van der Waals surface area contributed by atoms with Crippen LogP contribution in [0.25, 0.3) is 0 Å². The minimum atomic E-state index is -0.454. The Balaban J connectivity index is 2.78. The summed E-state index contributed by atoms with van der Waals surface area (Å²) >= 11 is 3.70. The minimum Gasteiger partial charge on any atom is -0.450 e. The zero-order valence-electron chi connectivity index (χ0n) is 14.1. The molecule has 0 aromatic heterocycles. The summed E-state index contributed by atoms with van der Waals surface area (Å²) in [5, 5.41) is 1.17. The first-order chi connectivity index (χ1) is 9.00. The van der Waals surface area contributed by atoms with E-state index in [1.807, 2.05) is 18.7 Å². The maximum absolute atomic E-state index is 12.8. The van der Waals surface area contributed by atoms with Crippen LogP contribution in [0.4, 0.5) is 0 Å². The van der Waals surface area contributed by atoms with Gasteiger partial charge in [0.2, 0.25) is 0 Å². The highest BCUT2D eigenvalue weighted by Gasteiger charge is 2.49. The molecular weight excluding hydrogens is 288 g/mol. The van der Waals surface area contributed by atoms with Crippen molar-refractivity contribution in [3.05, 3.63) is 0 Å². The third-order valence-electron chi connectivity index (χ3n) is 4.90. The smallest absolute Gasteiger partial charge is 0.313 e. The average Bonchev–Trinajstić information content (AvgIpc) is 2.30. The van der Waals surface area contributed by atoms with Crippen LogP contribution < -0.4 is 0 Å². The molecule has 1 aliphatic rings. The van der Waals surface area contributed by atoms with E-state index in [0.717, 1.165) is 5.75 Å². The molecule has 0 aliphatic carbocycles. The van der Waals surface area contributed by atoms with Crippen LogP contribution in [0.5, 0.6) is 0 Å². The fourth-order valence-electron chi connectivity index (χ4n) is 2.47. The average molecular weight is 319 g/mol. The SMILES string of the molecule is CC1SCC(OC(=O)C(C)(C(C)C)C(C)(C)C)SC1C. The standard InChI is InChI=1S/C16H30O2S2/c1-10(2)16(8,15(5,6)7)14(17)18-13-9-19-11(3)12(4)20-13/h10-13H,9H2,1-8H3. The fraction of sp³-hybridized carbons (Fsp3) is 0.938. The molecular formula is C16H30O2S2. The summed E-state index contributed by atoms with van der Waals surface area (Å²) in [5.41, 5.74) is -0.562. The van der Waals surface area contributed by atoms with Gasteiger partial charge in [-0.1, -0.05) is 48.5 Å². The second-order valence-electron chi connectivity index (χ2n) is 7.32. The second-order valence-corrected chi connectivity index (χ2v) is 10.3. The van der Waals surface area contributed by atoms with Gasteiger partial charge in [-0.3, -0.25) is 4.79 Å². The lowest BCUT2D eigenvalue weighted by Crippen LogP contribution is -2.47. The maximum Gasteiger partial charge on any atom is 0.313 e. The van der Waals surface area contributed by atoms with E-state index in [1.54, 1.807) is 11.8 Å². The predicted molar refractivity (Wildman–Crippen MR) is 91.3 cm³/mol. The molecule has 118 valence electrons. The van der Waals surface area contributed by atoms with E-state index in [-0.39, 0.29) is 22.7 Å². The number of rotatable bonds is 3. The van der Waals surface area contributed by atoms with Gasteiger partial charge in [0.25, 0.3) is 0 Å². The summed E-state index contributed by atoms with van der Waals surface area (Å²) in [4.78, 5) is 12.8. The molecule has 0 bridgehead atoms. The Bertz CT molecular complexity index is 349. The van der Waals surface area contributed by atoms with Crippen LogP contribution in [0, 0.1) is 16.7 Å². The molecule has 4 heteroatoms. The van der Waals surface area contributed by atoms with Crippen LogP contribution >= 0.6 is 23.5 Å². The minimum absolute atomic E-state index is 0.000810. The van der Waals surface area contributed by atoms with E-state index in [9.17, 15) is 4.79 Å². The predicted octanol–water partition coefficient (Wildman–Crippen LogP) is 4.82. The van der Waals surface area contributed by atoms with E-state index in [4.69, 9.17) is 4.74 Å². The Morgan fingerprint density at radius 3 is 2.10 bits per heavy atom. The van der Waals surface area contributed by atoms with E-state index < -0.39 is 5.41 Å². The van der Waals surface area contributed by atoms with Crippen molar-refractivity contribution in [3.8, 4) is 0 Å². The molecule has 1 aliphatic heterocycles. The molecule has 20 heavy (non-hydrogen) atoms.